The molecule has 0 N–H and O–H groups in total. The highest BCUT2D eigenvalue weighted by Crippen LogP contribution is 2.35. The summed E-state index contributed by atoms with van der Waals surface area (Å²) in [5.74, 6) is 0. The second kappa shape index (κ2) is 5.84. The van der Waals surface area contributed by atoms with Crippen LogP contribution in [0.3, 0.4) is 0 Å². The fraction of sp³-hybridized carbons (Fsp3) is 0.111. The van der Waals surface area contributed by atoms with E-state index in [9.17, 15) is 18.9 Å². The highest BCUT2D eigenvalue weighted by atomic mass is 31.2. The Morgan fingerprint density at radius 2 is 1.60 bits per heavy atom. The van der Waals surface area contributed by atoms with E-state index in [0.717, 1.165) is 11.6 Å². The van der Waals surface area contributed by atoms with E-state index < -0.39 is 21.5 Å². The van der Waals surface area contributed by atoms with Gasteiger partial charge < -0.3 is 9.79 Å². The molecule has 0 amide bonds. The van der Waals surface area contributed by atoms with E-state index in [1.807, 2.05) is 6.07 Å². The Labute approximate surface area is 89.0 Å². The van der Waals surface area contributed by atoms with Crippen molar-refractivity contribution < 1.29 is 18.9 Å². The normalized spacial score (nSPS) is 15.1. The molecule has 1 rings (SSSR count). The lowest BCUT2D eigenvalue weighted by Crippen LogP contribution is -2.06. The average molecular weight is 242 g/mol. The van der Waals surface area contributed by atoms with Crippen LogP contribution in [0.2, 0.25) is 0 Å². The second-order valence-electron chi connectivity index (χ2n) is 2.75. The number of benzene rings is 1. The van der Waals surface area contributed by atoms with Crippen LogP contribution in [0, 0.1) is 0 Å². The SMILES string of the molecule is O=[P+]([O-])C(C=Cc1ccccc1)[P+](=O)[O-]. The molecule has 0 bridgehead atoms. The second-order valence-corrected chi connectivity index (χ2v) is 5.42. The number of hydrogen-bond donors (Lipinski definition) is 0. The van der Waals surface area contributed by atoms with Crippen molar-refractivity contribution >= 4 is 22.1 Å². The zero-order chi connectivity index (χ0) is 11.3. The first-order valence-corrected chi connectivity index (χ1v) is 6.61. The minimum atomic E-state index is -2.98. The third-order valence-corrected chi connectivity index (χ3v) is 4.03. The van der Waals surface area contributed by atoms with Crippen molar-refractivity contribution in [2.75, 3.05) is 0 Å². The first-order valence-electron chi connectivity index (χ1n) is 4.11. The Hall–Kier alpha value is -0.920. The Kier molecular flexibility index (Phi) is 4.73. The summed E-state index contributed by atoms with van der Waals surface area (Å²) < 4.78 is 21.1. The van der Waals surface area contributed by atoms with Crippen LogP contribution < -0.4 is 9.79 Å². The van der Waals surface area contributed by atoms with Gasteiger partial charge in [-0.1, -0.05) is 39.5 Å². The molecule has 0 aliphatic carbocycles. The fourth-order valence-electron chi connectivity index (χ4n) is 0.979. The minimum Gasteiger partial charge on any atom is -0.592 e. The minimum absolute atomic E-state index is 0.760. The van der Waals surface area contributed by atoms with Gasteiger partial charge in [0.25, 0.3) is 0 Å². The number of allylic oxidation sites excluding steroid dienone is 1. The van der Waals surface area contributed by atoms with Gasteiger partial charge in [-0.25, -0.2) is 0 Å². The molecule has 0 aromatic heterocycles. The topological polar surface area (TPSA) is 80.3 Å². The molecule has 0 spiro atoms. The van der Waals surface area contributed by atoms with Gasteiger partial charge in [0.15, 0.2) is 0 Å². The monoisotopic (exact) mass is 242 g/mol. The predicted octanol–water partition coefficient (Wildman–Crippen LogP) is 1.23. The molecule has 2 unspecified atom stereocenters. The van der Waals surface area contributed by atoms with Crippen molar-refractivity contribution in [1.29, 1.82) is 0 Å². The molecule has 4 nitrogen and oxygen atoms in total. The van der Waals surface area contributed by atoms with Crippen molar-refractivity contribution in [2.45, 2.75) is 5.40 Å². The predicted molar refractivity (Wildman–Crippen MR) is 54.5 cm³/mol. The summed E-state index contributed by atoms with van der Waals surface area (Å²) in [6, 6.07) is 8.88. The van der Waals surface area contributed by atoms with Crippen molar-refractivity contribution in [3.05, 3.63) is 42.0 Å². The summed E-state index contributed by atoms with van der Waals surface area (Å²) in [6.45, 7) is 0. The molecule has 0 saturated carbocycles. The summed E-state index contributed by atoms with van der Waals surface area (Å²) >= 11 is 0. The van der Waals surface area contributed by atoms with Gasteiger partial charge in [0.1, 0.15) is 0 Å². The van der Waals surface area contributed by atoms with Gasteiger partial charge in [-0.2, -0.15) is 0 Å². The Morgan fingerprint density at radius 3 is 2.07 bits per heavy atom. The van der Waals surface area contributed by atoms with Crippen molar-refractivity contribution in [3.63, 3.8) is 0 Å². The summed E-state index contributed by atoms with van der Waals surface area (Å²) in [5, 5.41) is -1.42. The van der Waals surface area contributed by atoms with E-state index >= 15 is 0 Å². The lowest BCUT2D eigenvalue weighted by Gasteiger charge is -1.94. The third-order valence-electron chi connectivity index (χ3n) is 1.69. The number of rotatable bonds is 4. The summed E-state index contributed by atoms with van der Waals surface area (Å²) in [5.41, 5.74) is 0.760. The molecule has 1 aromatic carbocycles. The molecule has 15 heavy (non-hydrogen) atoms. The molecule has 2 atom stereocenters. The zero-order valence-corrected chi connectivity index (χ0v) is 9.44. The Bertz CT molecular complexity index is 374. The summed E-state index contributed by atoms with van der Waals surface area (Å²) in [7, 11) is -5.97. The van der Waals surface area contributed by atoms with E-state index in [1.165, 1.54) is 6.08 Å². The highest BCUT2D eigenvalue weighted by Gasteiger charge is 2.31. The largest absolute Gasteiger partial charge is 0.592 e. The van der Waals surface area contributed by atoms with E-state index in [1.54, 1.807) is 24.3 Å². The van der Waals surface area contributed by atoms with Gasteiger partial charge in [-0.15, -0.1) is 0 Å². The molecule has 1 aromatic rings. The van der Waals surface area contributed by atoms with E-state index in [-0.39, 0.29) is 0 Å². The van der Waals surface area contributed by atoms with E-state index in [2.05, 4.69) is 0 Å². The molecule has 0 aliphatic rings. The molecule has 78 valence electrons. The number of hydrogen-bond acceptors (Lipinski definition) is 4. The van der Waals surface area contributed by atoms with Crippen LogP contribution in [-0.2, 0) is 9.13 Å². The van der Waals surface area contributed by atoms with E-state index in [4.69, 9.17) is 0 Å². The van der Waals surface area contributed by atoms with Gasteiger partial charge in [-0.3, -0.25) is 0 Å². The average Bonchev–Trinajstić information content (AvgIpc) is 2.18. The van der Waals surface area contributed by atoms with Gasteiger partial charge in [0.05, 0.1) is 0 Å². The first kappa shape index (κ1) is 12.2. The van der Waals surface area contributed by atoms with Crippen LogP contribution >= 0.6 is 16.1 Å². The third kappa shape index (κ3) is 3.98. The van der Waals surface area contributed by atoms with Gasteiger partial charge >= 0.3 is 21.5 Å². The quantitative estimate of drug-likeness (QED) is 0.743. The van der Waals surface area contributed by atoms with Crippen LogP contribution in [0.15, 0.2) is 36.4 Å². The highest BCUT2D eigenvalue weighted by molar-refractivity contribution is 7.56. The van der Waals surface area contributed by atoms with Gasteiger partial charge in [0.2, 0.25) is 0 Å². The van der Waals surface area contributed by atoms with Gasteiger partial charge in [0, 0.05) is 6.08 Å². The van der Waals surface area contributed by atoms with Crippen LogP contribution in [0.4, 0.5) is 0 Å². The molecule has 0 heterocycles. The first-order chi connectivity index (χ1) is 7.11. The Balaban J connectivity index is 2.79. The maximum absolute atomic E-state index is 10.6. The summed E-state index contributed by atoms with van der Waals surface area (Å²) in [6.07, 6.45) is 2.63. The standard InChI is InChI=1S/C9H8O4P2/c10-14(11)9(15(12)13)7-6-8-4-2-1-3-5-8/h1-7,9H. The van der Waals surface area contributed by atoms with Crippen LogP contribution in [0.1, 0.15) is 5.56 Å². The van der Waals surface area contributed by atoms with Gasteiger partial charge in [-0.05, 0) is 11.6 Å². The molecule has 0 saturated heterocycles. The van der Waals surface area contributed by atoms with Crippen molar-refractivity contribution in [3.8, 4) is 0 Å². The zero-order valence-electron chi connectivity index (χ0n) is 7.65. The lowest BCUT2D eigenvalue weighted by atomic mass is 10.2. The molecule has 6 heteroatoms. The van der Waals surface area contributed by atoms with Crippen molar-refractivity contribution in [1.82, 2.24) is 0 Å². The van der Waals surface area contributed by atoms with Crippen LogP contribution in [0.5, 0.6) is 0 Å². The summed E-state index contributed by atoms with van der Waals surface area (Å²) in [4.78, 5) is 21.1. The maximum atomic E-state index is 10.6. The smallest absolute Gasteiger partial charge is 0.369 e. The van der Waals surface area contributed by atoms with Crippen molar-refractivity contribution in [2.24, 2.45) is 0 Å². The van der Waals surface area contributed by atoms with Crippen LogP contribution in [-0.4, -0.2) is 5.40 Å². The Morgan fingerprint density at radius 1 is 1.07 bits per heavy atom. The molecule has 0 radical (unpaired) electrons. The molecule has 0 fully saturated rings. The lowest BCUT2D eigenvalue weighted by molar-refractivity contribution is -0.173. The fourth-order valence-corrected chi connectivity index (χ4v) is 2.05. The molecule has 0 aliphatic heterocycles. The maximum Gasteiger partial charge on any atom is 0.369 e. The molecular weight excluding hydrogens is 234 g/mol. The van der Waals surface area contributed by atoms with Crippen LogP contribution in [0.25, 0.3) is 6.08 Å². The molecular formula is C9H8O4P2. The van der Waals surface area contributed by atoms with E-state index in [0.29, 0.717) is 0 Å².